The Morgan fingerprint density at radius 2 is 0.455 bits per heavy atom. The Kier molecular flexibility index (Phi) is 19.2. The molecule has 0 radical (unpaired) electrons. The molecule has 0 unspecified atom stereocenters. The van der Waals surface area contributed by atoms with E-state index >= 15 is 0 Å². The van der Waals surface area contributed by atoms with Gasteiger partial charge in [0.15, 0.2) is 11.1 Å². The highest BCUT2D eigenvalue weighted by Crippen LogP contribution is 2.21. The van der Waals surface area contributed by atoms with Crippen LogP contribution < -0.4 is 10.6 Å². The highest BCUT2D eigenvalue weighted by molar-refractivity contribution is 6.02. The molecule has 3 saturated heterocycles. The van der Waals surface area contributed by atoms with Crippen molar-refractivity contribution in [1.82, 2.24) is 10.6 Å². The minimum atomic E-state index is -1.49. The molecule has 3 fully saturated rings. The van der Waals surface area contributed by atoms with Crippen molar-refractivity contribution in [2.24, 2.45) is 0 Å². The maximum absolute atomic E-state index is 13.7. The van der Waals surface area contributed by atoms with Crippen LogP contribution in [0.15, 0.2) is 0 Å². The topological polar surface area (TPSA) is 169 Å². The summed E-state index contributed by atoms with van der Waals surface area (Å²) in [5, 5.41) is 5.74. The van der Waals surface area contributed by atoms with Crippen LogP contribution in [0.1, 0.15) is 0 Å². The Hall–Kier alpha value is -1.54. The first-order chi connectivity index (χ1) is 21.7. The van der Waals surface area contributed by atoms with E-state index in [2.05, 4.69) is 10.6 Å². The summed E-state index contributed by atoms with van der Waals surface area (Å²) in [7, 11) is 0. The molecule has 0 aromatic heterocycles. The number of carbonyl (C=O) groups excluding carboxylic acids is 2. The van der Waals surface area contributed by atoms with Crippen molar-refractivity contribution >= 4 is 11.8 Å². The number of hydrogen-bond acceptors (Lipinski definition) is 14. The maximum Gasteiger partial charge on any atom is 0.251 e. The molecule has 0 saturated carbocycles. The van der Waals surface area contributed by atoms with E-state index in [0.717, 1.165) is 0 Å². The molecule has 2 amide bonds. The number of hydrogen-bond donors (Lipinski definition) is 2. The number of amides is 2. The molecule has 16 heteroatoms. The molecule has 3 aliphatic rings. The molecule has 256 valence electrons. The lowest BCUT2D eigenvalue weighted by Gasteiger charge is -2.45. The smallest absolute Gasteiger partial charge is 0.251 e. The lowest BCUT2D eigenvalue weighted by molar-refractivity contribution is -0.160. The normalized spacial score (nSPS) is 26.5. The monoisotopic (exact) mass is 638 g/mol. The average molecular weight is 639 g/mol. The third-order valence-corrected chi connectivity index (χ3v) is 6.69. The average Bonchev–Trinajstić information content (AvgIpc) is 3.02. The van der Waals surface area contributed by atoms with Crippen LogP contribution in [0.3, 0.4) is 0 Å². The molecule has 0 aromatic rings. The van der Waals surface area contributed by atoms with Gasteiger partial charge in [0.05, 0.1) is 159 Å². The summed E-state index contributed by atoms with van der Waals surface area (Å²) >= 11 is 0. The zero-order chi connectivity index (χ0) is 31.0. The first kappa shape index (κ1) is 36.9. The van der Waals surface area contributed by atoms with Gasteiger partial charge in [-0.25, -0.2) is 0 Å². The summed E-state index contributed by atoms with van der Waals surface area (Å²) < 4.78 is 67.1. The van der Waals surface area contributed by atoms with Gasteiger partial charge in [-0.15, -0.1) is 0 Å². The van der Waals surface area contributed by atoms with Crippen LogP contribution in [-0.4, -0.2) is 181 Å². The van der Waals surface area contributed by atoms with Crippen molar-refractivity contribution in [3.05, 3.63) is 0 Å². The number of ether oxygens (including phenoxy) is 12. The van der Waals surface area contributed by atoms with Gasteiger partial charge in [0.1, 0.15) is 0 Å². The first-order valence-corrected chi connectivity index (χ1v) is 15.3. The van der Waals surface area contributed by atoms with E-state index < -0.39 is 22.9 Å². The summed E-state index contributed by atoms with van der Waals surface area (Å²) in [5.74, 6) is -0.974. The van der Waals surface area contributed by atoms with Crippen molar-refractivity contribution in [2.45, 2.75) is 11.1 Å². The largest absolute Gasteiger partial charge is 0.377 e. The van der Waals surface area contributed by atoms with Gasteiger partial charge in [-0.2, -0.15) is 0 Å². The summed E-state index contributed by atoms with van der Waals surface area (Å²) in [5.41, 5.74) is -2.98. The predicted molar refractivity (Wildman–Crippen MR) is 152 cm³/mol. The second kappa shape index (κ2) is 22.9. The zero-order valence-corrected chi connectivity index (χ0v) is 25.7. The lowest BCUT2D eigenvalue weighted by Crippen LogP contribution is -2.80. The highest BCUT2D eigenvalue weighted by atomic mass is 16.6. The third kappa shape index (κ3) is 14.3. The summed E-state index contributed by atoms with van der Waals surface area (Å²) in [6, 6.07) is 0. The molecule has 3 heterocycles. The standard InChI is InChI=1S/C28H50N2O14/c31-25-27(21-41-17-13-37-9-5-33-1-2-34-6-10-38-14-18-42-22-27)29-26(32)28(30-25)23-43-19-15-39-11-7-35-3-4-36-8-12-40-16-20-44-24-28/h1-24H2,(H,29,32)(H,30,31). The molecule has 3 aliphatic heterocycles. The van der Waals surface area contributed by atoms with E-state index in [-0.39, 0.29) is 79.3 Å². The molecule has 2 spiro atoms. The molecule has 44 heavy (non-hydrogen) atoms. The van der Waals surface area contributed by atoms with Crippen LogP contribution in [0, 0.1) is 0 Å². The van der Waals surface area contributed by atoms with E-state index in [1.54, 1.807) is 0 Å². The predicted octanol–water partition coefficient (Wildman–Crippen LogP) is -2.06. The number of carbonyl (C=O) groups is 2. The first-order valence-electron chi connectivity index (χ1n) is 15.3. The Morgan fingerprint density at radius 3 is 0.636 bits per heavy atom. The van der Waals surface area contributed by atoms with Gasteiger partial charge in [-0.3, -0.25) is 9.59 Å². The van der Waals surface area contributed by atoms with Gasteiger partial charge in [0.2, 0.25) is 0 Å². The Labute approximate surface area is 258 Å². The van der Waals surface area contributed by atoms with Gasteiger partial charge in [0, 0.05) is 0 Å². The Morgan fingerprint density at radius 1 is 0.295 bits per heavy atom. The second-order valence-corrected chi connectivity index (χ2v) is 10.2. The number of rotatable bonds is 0. The van der Waals surface area contributed by atoms with Crippen LogP contribution in [0.25, 0.3) is 0 Å². The molecule has 16 nitrogen and oxygen atoms in total. The van der Waals surface area contributed by atoms with Crippen molar-refractivity contribution < 1.29 is 66.4 Å². The van der Waals surface area contributed by atoms with E-state index in [4.69, 9.17) is 56.8 Å². The van der Waals surface area contributed by atoms with Crippen LogP contribution >= 0.6 is 0 Å². The fourth-order valence-corrected chi connectivity index (χ4v) is 4.26. The minimum Gasteiger partial charge on any atom is -0.377 e. The van der Waals surface area contributed by atoms with Crippen molar-refractivity contribution in [3.8, 4) is 0 Å². The molecule has 0 aromatic carbocycles. The van der Waals surface area contributed by atoms with Gasteiger partial charge >= 0.3 is 0 Å². The van der Waals surface area contributed by atoms with E-state index in [9.17, 15) is 9.59 Å². The zero-order valence-electron chi connectivity index (χ0n) is 25.7. The Bertz CT molecular complexity index is 675. The molecule has 2 N–H and O–H groups in total. The molecule has 0 bridgehead atoms. The number of piperazine rings is 1. The summed E-state index contributed by atoms with van der Waals surface area (Å²) in [4.78, 5) is 27.5. The van der Waals surface area contributed by atoms with E-state index in [1.807, 2.05) is 0 Å². The summed E-state index contributed by atoms with van der Waals surface area (Å²) in [6.45, 7) is 6.47. The quantitative estimate of drug-likeness (QED) is 0.297. The highest BCUT2D eigenvalue weighted by Gasteiger charge is 2.54. The maximum atomic E-state index is 13.7. The van der Waals surface area contributed by atoms with Gasteiger partial charge in [-0.1, -0.05) is 0 Å². The second-order valence-electron chi connectivity index (χ2n) is 10.2. The molecule has 0 atom stereocenters. The fraction of sp³-hybridized carbons (Fsp3) is 0.929. The van der Waals surface area contributed by atoms with Crippen LogP contribution in [0.5, 0.6) is 0 Å². The van der Waals surface area contributed by atoms with Crippen LogP contribution in [-0.2, 0) is 66.4 Å². The number of nitrogens with one attached hydrogen (secondary N) is 2. The molecular formula is C28H50N2O14. The van der Waals surface area contributed by atoms with Gasteiger partial charge in [0.25, 0.3) is 11.8 Å². The Balaban J connectivity index is 1.61. The van der Waals surface area contributed by atoms with Crippen molar-refractivity contribution in [3.63, 3.8) is 0 Å². The fourth-order valence-electron chi connectivity index (χ4n) is 4.26. The SMILES string of the molecule is O=C1NC2(COCCOCCOCCOCCOCCOC2)C(=O)NC12COCCOCCOCCOCCOCCOC2. The third-order valence-electron chi connectivity index (χ3n) is 6.69. The van der Waals surface area contributed by atoms with Crippen LogP contribution in [0.2, 0.25) is 0 Å². The van der Waals surface area contributed by atoms with Gasteiger partial charge < -0.3 is 67.5 Å². The van der Waals surface area contributed by atoms with Gasteiger partial charge in [-0.05, 0) is 0 Å². The van der Waals surface area contributed by atoms with Crippen LogP contribution in [0.4, 0.5) is 0 Å². The molecule has 3 rings (SSSR count). The minimum absolute atomic E-state index is 0.136. The van der Waals surface area contributed by atoms with E-state index in [0.29, 0.717) is 79.3 Å². The van der Waals surface area contributed by atoms with E-state index in [1.165, 1.54) is 0 Å². The summed E-state index contributed by atoms with van der Waals surface area (Å²) in [6.07, 6.45) is 0. The molecular weight excluding hydrogens is 588 g/mol. The lowest BCUT2D eigenvalue weighted by atomic mass is 9.89. The van der Waals surface area contributed by atoms with Crippen molar-refractivity contribution in [2.75, 3.05) is 159 Å². The van der Waals surface area contributed by atoms with Crippen molar-refractivity contribution in [1.29, 1.82) is 0 Å². The molecule has 0 aliphatic carbocycles.